The Kier molecular flexibility index (Phi) is 3.61. The van der Waals surface area contributed by atoms with Crippen molar-refractivity contribution in [3.63, 3.8) is 0 Å². The fraction of sp³-hybridized carbons (Fsp3) is 0.385. The second kappa shape index (κ2) is 5.02. The number of aryl methyl sites for hydroxylation is 1. The molecule has 1 atom stereocenters. The van der Waals surface area contributed by atoms with E-state index in [0.29, 0.717) is 5.69 Å². The Morgan fingerprint density at radius 1 is 1.44 bits per heavy atom. The van der Waals surface area contributed by atoms with E-state index >= 15 is 0 Å². The topological polar surface area (TPSA) is 57.6 Å². The van der Waals surface area contributed by atoms with E-state index < -0.39 is 0 Å². The van der Waals surface area contributed by atoms with Gasteiger partial charge in [0.05, 0.1) is 10.9 Å². The summed E-state index contributed by atoms with van der Waals surface area (Å²) in [6.07, 6.45) is 0.262. The van der Waals surface area contributed by atoms with Crippen molar-refractivity contribution in [2.45, 2.75) is 25.5 Å². The van der Waals surface area contributed by atoms with Crippen molar-refractivity contribution in [3.8, 4) is 5.75 Å². The van der Waals surface area contributed by atoms with Crippen LogP contribution in [0.3, 0.4) is 0 Å². The summed E-state index contributed by atoms with van der Waals surface area (Å²) < 4.78 is 0. The Bertz CT molecular complexity index is 501. The van der Waals surface area contributed by atoms with Crippen LogP contribution in [-0.2, 0) is 9.59 Å². The van der Waals surface area contributed by atoms with Crippen LogP contribution in [0.5, 0.6) is 5.75 Å². The number of benzene rings is 1. The zero-order valence-electron chi connectivity index (χ0n) is 10.3. The molecule has 1 aromatic rings. The lowest BCUT2D eigenvalue weighted by molar-refractivity contribution is -0.121. The lowest BCUT2D eigenvalue weighted by atomic mass is 10.1. The summed E-state index contributed by atoms with van der Waals surface area (Å²) in [7, 11) is 0. The highest BCUT2D eigenvalue weighted by atomic mass is 32.2. The van der Waals surface area contributed by atoms with Gasteiger partial charge in [0.1, 0.15) is 5.75 Å². The summed E-state index contributed by atoms with van der Waals surface area (Å²) in [6.45, 7) is 3.74. The maximum Gasteiger partial charge on any atom is 0.247 e. The Hall–Kier alpha value is -1.49. The van der Waals surface area contributed by atoms with Gasteiger partial charge in [-0.15, -0.1) is 11.8 Å². The first-order valence-electron chi connectivity index (χ1n) is 5.82. The molecule has 0 radical (unpaired) electrons. The monoisotopic (exact) mass is 265 g/mol. The van der Waals surface area contributed by atoms with E-state index in [1.54, 1.807) is 19.1 Å². The third kappa shape index (κ3) is 2.22. The average Bonchev–Trinajstić information content (AvgIpc) is 2.56. The minimum absolute atomic E-state index is 0.134. The van der Waals surface area contributed by atoms with E-state index in [4.69, 9.17) is 0 Å². The van der Waals surface area contributed by atoms with Gasteiger partial charge in [0.2, 0.25) is 11.8 Å². The number of hydrogen-bond acceptors (Lipinski definition) is 4. The van der Waals surface area contributed by atoms with Crippen molar-refractivity contribution in [1.29, 1.82) is 0 Å². The molecule has 2 amide bonds. The molecule has 0 aromatic heterocycles. The van der Waals surface area contributed by atoms with Crippen molar-refractivity contribution in [2.24, 2.45) is 0 Å². The molecule has 1 fully saturated rings. The van der Waals surface area contributed by atoms with Crippen LogP contribution in [-0.4, -0.2) is 27.9 Å². The zero-order valence-corrected chi connectivity index (χ0v) is 11.2. The number of hydrogen-bond donors (Lipinski definition) is 1. The smallest absolute Gasteiger partial charge is 0.247 e. The molecule has 1 aliphatic heterocycles. The number of carbonyl (C=O) groups is 2. The van der Waals surface area contributed by atoms with E-state index in [-0.39, 0.29) is 29.2 Å². The Balaban J connectivity index is 2.33. The largest absolute Gasteiger partial charge is 0.508 e. The van der Waals surface area contributed by atoms with Gasteiger partial charge in [-0.3, -0.25) is 9.59 Å². The van der Waals surface area contributed by atoms with E-state index in [0.717, 1.165) is 11.3 Å². The van der Waals surface area contributed by atoms with Crippen LogP contribution < -0.4 is 4.90 Å². The molecular weight excluding hydrogens is 250 g/mol. The minimum Gasteiger partial charge on any atom is -0.508 e. The Labute approximate surface area is 110 Å². The summed E-state index contributed by atoms with van der Waals surface area (Å²) in [6, 6.07) is 4.65. The van der Waals surface area contributed by atoms with Crippen molar-refractivity contribution in [3.05, 3.63) is 23.8 Å². The number of carbonyl (C=O) groups excluding carboxylic acids is 2. The highest BCUT2D eigenvalue weighted by Crippen LogP contribution is 2.32. The van der Waals surface area contributed by atoms with Crippen molar-refractivity contribution in [2.75, 3.05) is 10.7 Å². The first-order chi connectivity index (χ1) is 8.54. The quantitative estimate of drug-likeness (QED) is 0.850. The number of aromatic hydroxyl groups is 1. The van der Waals surface area contributed by atoms with Crippen molar-refractivity contribution < 1.29 is 14.7 Å². The maximum absolute atomic E-state index is 12.2. The van der Waals surface area contributed by atoms with Gasteiger partial charge >= 0.3 is 0 Å². The predicted octanol–water partition coefficient (Wildman–Crippen LogP) is 2.09. The second-order valence-electron chi connectivity index (χ2n) is 4.19. The summed E-state index contributed by atoms with van der Waals surface area (Å²) >= 11 is 1.50. The number of phenols is 1. The fourth-order valence-corrected chi connectivity index (χ4v) is 2.99. The van der Waals surface area contributed by atoms with E-state index in [9.17, 15) is 14.7 Å². The van der Waals surface area contributed by atoms with Gasteiger partial charge in [-0.2, -0.15) is 0 Å². The first-order valence-corrected chi connectivity index (χ1v) is 6.87. The highest BCUT2D eigenvalue weighted by Gasteiger charge is 2.39. The SMILES string of the molecule is CCSC1CC(=O)N(c2ccc(O)cc2C)C1=O. The van der Waals surface area contributed by atoms with Crippen molar-refractivity contribution >= 4 is 29.3 Å². The third-order valence-electron chi connectivity index (χ3n) is 2.89. The molecule has 5 heteroatoms. The minimum atomic E-state index is -0.268. The van der Waals surface area contributed by atoms with Crippen LogP contribution >= 0.6 is 11.8 Å². The van der Waals surface area contributed by atoms with Gasteiger partial charge < -0.3 is 5.11 Å². The first kappa shape index (κ1) is 13.0. The number of anilines is 1. The van der Waals surface area contributed by atoms with Crippen LogP contribution in [0, 0.1) is 6.92 Å². The highest BCUT2D eigenvalue weighted by molar-refractivity contribution is 8.00. The summed E-state index contributed by atoms with van der Waals surface area (Å²) in [5.74, 6) is 0.627. The van der Waals surface area contributed by atoms with Gasteiger partial charge in [0, 0.05) is 6.42 Å². The zero-order chi connectivity index (χ0) is 13.3. The summed E-state index contributed by atoms with van der Waals surface area (Å²) in [4.78, 5) is 25.3. The molecule has 18 heavy (non-hydrogen) atoms. The molecule has 4 nitrogen and oxygen atoms in total. The second-order valence-corrected chi connectivity index (χ2v) is 5.67. The van der Waals surface area contributed by atoms with Gasteiger partial charge in [-0.1, -0.05) is 6.92 Å². The van der Waals surface area contributed by atoms with Crippen LogP contribution in [0.1, 0.15) is 18.9 Å². The number of nitrogens with zero attached hydrogens (tertiary/aromatic N) is 1. The van der Waals surface area contributed by atoms with E-state index in [1.807, 2.05) is 6.92 Å². The summed E-state index contributed by atoms with van der Waals surface area (Å²) in [5.41, 5.74) is 1.29. The van der Waals surface area contributed by atoms with Gasteiger partial charge in [0.15, 0.2) is 0 Å². The molecule has 2 rings (SSSR count). The van der Waals surface area contributed by atoms with E-state index in [2.05, 4.69) is 0 Å². The third-order valence-corrected chi connectivity index (χ3v) is 4.00. The molecule has 1 aromatic carbocycles. The average molecular weight is 265 g/mol. The molecule has 0 saturated carbocycles. The van der Waals surface area contributed by atoms with Crippen molar-refractivity contribution in [1.82, 2.24) is 0 Å². The Morgan fingerprint density at radius 3 is 2.78 bits per heavy atom. The standard InChI is InChI=1S/C13H15NO3S/c1-3-18-11-7-12(16)14(13(11)17)10-5-4-9(15)6-8(10)2/h4-6,11,15H,3,7H2,1-2H3. The summed E-state index contributed by atoms with van der Waals surface area (Å²) in [5, 5.41) is 9.09. The molecule has 1 aliphatic rings. The molecule has 1 unspecified atom stereocenters. The number of amides is 2. The molecule has 1 heterocycles. The van der Waals surface area contributed by atoms with Crippen LogP contribution in [0.2, 0.25) is 0 Å². The van der Waals surface area contributed by atoms with Crippen LogP contribution in [0.25, 0.3) is 0 Å². The lowest BCUT2D eigenvalue weighted by Gasteiger charge is -2.17. The molecule has 0 aliphatic carbocycles. The van der Waals surface area contributed by atoms with Crippen LogP contribution in [0.15, 0.2) is 18.2 Å². The van der Waals surface area contributed by atoms with Gasteiger partial charge in [0.25, 0.3) is 0 Å². The molecule has 0 spiro atoms. The molecule has 1 saturated heterocycles. The number of thioether (sulfide) groups is 1. The van der Waals surface area contributed by atoms with Gasteiger partial charge in [-0.25, -0.2) is 4.90 Å². The van der Waals surface area contributed by atoms with Gasteiger partial charge in [-0.05, 0) is 36.4 Å². The predicted molar refractivity (Wildman–Crippen MR) is 71.9 cm³/mol. The molecule has 96 valence electrons. The molecule has 1 N–H and O–H groups in total. The molecular formula is C13H15NO3S. The fourth-order valence-electron chi connectivity index (χ4n) is 2.08. The van der Waals surface area contributed by atoms with E-state index in [1.165, 1.54) is 22.7 Å². The normalized spacial score (nSPS) is 19.7. The number of phenolic OH excluding ortho intramolecular Hbond substituents is 1. The Morgan fingerprint density at radius 2 is 2.17 bits per heavy atom. The van der Waals surface area contributed by atoms with Crippen LogP contribution in [0.4, 0.5) is 5.69 Å². The molecule has 0 bridgehead atoms. The number of imide groups is 1. The maximum atomic E-state index is 12.2. The number of rotatable bonds is 3. The lowest BCUT2D eigenvalue weighted by Crippen LogP contribution is -2.31.